The third-order valence-electron chi connectivity index (χ3n) is 5.62. The van der Waals surface area contributed by atoms with Crippen LogP contribution in [0.15, 0.2) is 81.6 Å². The van der Waals surface area contributed by atoms with Gasteiger partial charge in [0.1, 0.15) is 23.0 Å². The van der Waals surface area contributed by atoms with E-state index < -0.39 is 11.5 Å². The summed E-state index contributed by atoms with van der Waals surface area (Å²) in [5, 5.41) is 10.4. The Labute approximate surface area is 195 Å². The van der Waals surface area contributed by atoms with Crippen LogP contribution in [0.25, 0.3) is 22.1 Å². The van der Waals surface area contributed by atoms with E-state index in [2.05, 4.69) is 11.1 Å². The zero-order valence-electron chi connectivity index (χ0n) is 17.5. The minimum absolute atomic E-state index is 0. The molecule has 0 bridgehead atoms. The second-order valence-electron chi connectivity index (χ2n) is 7.51. The van der Waals surface area contributed by atoms with Crippen LogP contribution in [0, 0.1) is 11.3 Å². The number of ether oxygens (including phenoxy) is 2. The van der Waals surface area contributed by atoms with Crippen LogP contribution in [0.2, 0.25) is 0 Å². The molecule has 2 aromatic carbocycles. The number of hydrogen-bond donors (Lipinski definition) is 2. The van der Waals surface area contributed by atoms with E-state index in [-0.39, 0.29) is 30.2 Å². The molecule has 0 radical (unpaired) electrons. The molecule has 1 atom stereocenters. The van der Waals surface area contributed by atoms with Crippen molar-refractivity contribution >= 4 is 16.7 Å². The average Bonchev–Trinajstić information content (AvgIpc) is 2.84. The molecule has 1 aliphatic heterocycles. The van der Waals surface area contributed by atoms with Crippen LogP contribution in [0.5, 0.6) is 11.5 Å². The number of nitrogen functional groups attached to an aromatic ring is 1. The van der Waals surface area contributed by atoms with Crippen LogP contribution in [0.3, 0.4) is 0 Å². The quantitative estimate of drug-likeness (QED) is 0.345. The molecule has 3 heterocycles. The van der Waals surface area contributed by atoms with Gasteiger partial charge in [-0.3, -0.25) is 4.98 Å². The molecule has 5 rings (SSSR count). The van der Waals surface area contributed by atoms with Crippen molar-refractivity contribution < 1.29 is 13.9 Å². The predicted molar refractivity (Wildman–Crippen MR) is 129 cm³/mol. The Morgan fingerprint density at radius 3 is 2.68 bits per heavy atom. The zero-order chi connectivity index (χ0) is 23.1. The van der Waals surface area contributed by atoms with E-state index in [9.17, 15) is 10.1 Å². The number of nitrogens with zero attached hydrogens (tertiary/aromatic N) is 2. The number of rotatable bonds is 3. The third kappa shape index (κ3) is 3.49. The van der Waals surface area contributed by atoms with Gasteiger partial charge in [-0.25, -0.2) is 4.79 Å². The molecule has 8 nitrogen and oxygen atoms in total. The topological polar surface area (TPSA) is 137 Å². The zero-order valence-corrected chi connectivity index (χ0v) is 17.5. The van der Waals surface area contributed by atoms with Gasteiger partial charge in [0.25, 0.3) is 0 Å². The highest BCUT2D eigenvalue weighted by molar-refractivity contribution is 5.88. The minimum Gasteiger partial charge on any atom is -0.496 e. The van der Waals surface area contributed by atoms with Crippen molar-refractivity contribution in [3.63, 3.8) is 0 Å². The number of aromatic nitrogens is 1. The van der Waals surface area contributed by atoms with Gasteiger partial charge in [0.05, 0.1) is 24.0 Å². The molecule has 2 aromatic heterocycles. The summed E-state index contributed by atoms with van der Waals surface area (Å²) in [4.78, 5) is 17.3. The predicted octanol–water partition coefficient (Wildman–Crippen LogP) is 4.30. The fourth-order valence-corrected chi connectivity index (χ4v) is 4.12. The summed E-state index contributed by atoms with van der Waals surface area (Å²) in [7, 11) is 1.57. The molecular formula is C26H22N4O4. The molecule has 0 amide bonds. The summed E-state index contributed by atoms with van der Waals surface area (Å²) < 4.78 is 16.9. The maximum atomic E-state index is 13.1. The molecule has 1 unspecified atom stereocenters. The van der Waals surface area contributed by atoms with Crippen LogP contribution in [-0.4, -0.2) is 12.1 Å². The minimum atomic E-state index is -0.804. The average molecular weight is 454 g/mol. The van der Waals surface area contributed by atoms with Crippen molar-refractivity contribution in [2.75, 3.05) is 12.8 Å². The number of pyridine rings is 1. The highest BCUT2D eigenvalue weighted by atomic mass is 16.5. The Morgan fingerprint density at radius 1 is 1.15 bits per heavy atom. The van der Waals surface area contributed by atoms with Gasteiger partial charge in [0, 0.05) is 29.2 Å². The van der Waals surface area contributed by atoms with Crippen molar-refractivity contribution in [3.05, 3.63) is 93.9 Å². The van der Waals surface area contributed by atoms with E-state index in [0.717, 1.165) is 11.1 Å². The smallest absolute Gasteiger partial charge is 0.344 e. The van der Waals surface area contributed by atoms with E-state index in [4.69, 9.17) is 25.4 Å². The second-order valence-corrected chi connectivity index (χ2v) is 7.51. The molecule has 8 heteroatoms. The molecule has 0 spiro atoms. The van der Waals surface area contributed by atoms with E-state index in [1.54, 1.807) is 49.8 Å². The normalized spacial score (nSPS) is 14.5. The maximum absolute atomic E-state index is 13.1. The van der Waals surface area contributed by atoms with Crippen LogP contribution in [-0.2, 0) is 0 Å². The standard InChI is InChI=1S/C25H18N4O4.CH4/c1-31-19-6-4-13(9-16(19)14-3-2-8-29-12-14)21-18(11-26)24(28)33-23-17-10-15(27)5-7-20(17)32-25(30)22(21)23;/h2-10,12,21H,27-28H2,1H3;1H4. The van der Waals surface area contributed by atoms with Gasteiger partial charge >= 0.3 is 5.63 Å². The number of nitrogens with two attached hydrogens (primary N) is 2. The van der Waals surface area contributed by atoms with E-state index in [1.165, 1.54) is 0 Å². The van der Waals surface area contributed by atoms with Gasteiger partial charge in [-0.05, 0) is 42.0 Å². The van der Waals surface area contributed by atoms with Crippen LogP contribution >= 0.6 is 0 Å². The number of benzene rings is 2. The summed E-state index contributed by atoms with van der Waals surface area (Å²) in [5.41, 5.74) is 14.8. The van der Waals surface area contributed by atoms with Gasteiger partial charge in [-0.1, -0.05) is 19.6 Å². The van der Waals surface area contributed by atoms with Gasteiger partial charge < -0.3 is 25.4 Å². The second kappa shape index (κ2) is 8.64. The van der Waals surface area contributed by atoms with Crippen molar-refractivity contribution in [3.8, 4) is 28.7 Å². The maximum Gasteiger partial charge on any atom is 0.344 e. The lowest BCUT2D eigenvalue weighted by Gasteiger charge is -2.26. The van der Waals surface area contributed by atoms with Gasteiger partial charge in [-0.15, -0.1) is 0 Å². The highest BCUT2D eigenvalue weighted by Gasteiger charge is 2.36. The molecule has 4 N–H and O–H groups in total. The Balaban J connectivity index is 0.00000274. The number of fused-ring (bicyclic) bond motifs is 3. The monoisotopic (exact) mass is 454 g/mol. The van der Waals surface area contributed by atoms with Crippen molar-refractivity contribution in [1.82, 2.24) is 4.98 Å². The van der Waals surface area contributed by atoms with E-state index in [1.807, 2.05) is 18.2 Å². The molecule has 0 saturated carbocycles. The first-order chi connectivity index (χ1) is 16.0. The Hall–Kier alpha value is -4.77. The van der Waals surface area contributed by atoms with Crippen molar-refractivity contribution in [2.24, 2.45) is 5.73 Å². The highest BCUT2D eigenvalue weighted by Crippen LogP contribution is 2.45. The molecular weight excluding hydrogens is 432 g/mol. The first kappa shape index (κ1) is 22.4. The summed E-state index contributed by atoms with van der Waals surface area (Å²) in [6, 6.07) is 16.1. The lowest BCUT2D eigenvalue weighted by molar-refractivity contribution is 0.388. The Kier molecular flexibility index (Phi) is 5.70. The summed E-state index contributed by atoms with van der Waals surface area (Å²) in [5.74, 6) is -0.0353. The van der Waals surface area contributed by atoms with Crippen LogP contribution < -0.4 is 26.6 Å². The summed E-state index contributed by atoms with van der Waals surface area (Å²) in [6.07, 6.45) is 3.38. The number of methoxy groups -OCH3 is 1. The number of nitriles is 1. The Morgan fingerprint density at radius 2 is 1.97 bits per heavy atom. The lowest BCUT2D eigenvalue weighted by Crippen LogP contribution is -2.26. The first-order valence-electron chi connectivity index (χ1n) is 10.0. The summed E-state index contributed by atoms with van der Waals surface area (Å²) >= 11 is 0. The molecule has 34 heavy (non-hydrogen) atoms. The fourth-order valence-electron chi connectivity index (χ4n) is 4.12. The van der Waals surface area contributed by atoms with Gasteiger partial charge in [-0.2, -0.15) is 5.26 Å². The van der Waals surface area contributed by atoms with E-state index in [0.29, 0.717) is 28.0 Å². The molecule has 0 aliphatic carbocycles. The summed E-state index contributed by atoms with van der Waals surface area (Å²) in [6.45, 7) is 0. The molecule has 0 fully saturated rings. The molecule has 4 aromatic rings. The first-order valence-corrected chi connectivity index (χ1v) is 10.0. The number of allylic oxidation sites excluding steroid dienone is 1. The van der Waals surface area contributed by atoms with E-state index >= 15 is 0 Å². The number of hydrogen-bond acceptors (Lipinski definition) is 8. The fraction of sp³-hybridized carbons (Fsp3) is 0.115. The van der Waals surface area contributed by atoms with Crippen molar-refractivity contribution in [1.29, 1.82) is 5.26 Å². The Bertz CT molecular complexity index is 1530. The third-order valence-corrected chi connectivity index (χ3v) is 5.62. The molecule has 0 saturated heterocycles. The number of anilines is 1. The lowest BCUT2D eigenvalue weighted by atomic mass is 9.82. The SMILES string of the molecule is C.COc1ccc(C2C(C#N)=C(N)Oc3c2c(=O)oc2ccc(N)cc32)cc1-c1cccnc1. The largest absolute Gasteiger partial charge is 0.496 e. The van der Waals surface area contributed by atoms with Gasteiger partial charge in [0.15, 0.2) is 5.75 Å². The molecule has 1 aliphatic rings. The van der Waals surface area contributed by atoms with Crippen molar-refractivity contribution in [2.45, 2.75) is 13.3 Å². The van der Waals surface area contributed by atoms with Crippen LogP contribution in [0.1, 0.15) is 24.5 Å². The molecule has 170 valence electrons. The van der Waals surface area contributed by atoms with Gasteiger partial charge in [0.2, 0.25) is 5.88 Å². The van der Waals surface area contributed by atoms with Crippen LogP contribution in [0.4, 0.5) is 5.69 Å².